The van der Waals surface area contributed by atoms with Crippen molar-refractivity contribution >= 4 is 22.5 Å². The molecule has 3 heteroatoms. The zero-order valence-corrected chi connectivity index (χ0v) is 11.3. The van der Waals surface area contributed by atoms with Gasteiger partial charge in [0.2, 0.25) is 0 Å². The molecule has 96 valence electrons. The van der Waals surface area contributed by atoms with E-state index < -0.39 is 0 Å². The van der Waals surface area contributed by atoms with Crippen molar-refractivity contribution in [2.24, 2.45) is 7.05 Å². The summed E-state index contributed by atoms with van der Waals surface area (Å²) >= 11 is 5.87. The fourth-order valence-corrected chi connectivity index (χ4v) is 2.57. The molecule has 2 aromatic carbocycles. The van der Waals surface area contributed by atoms with Crippen LogP contribution in [0.3, 0.4) is 0 Å². The largest absolute Gasteiger partial charge is 0.350 e. The molecule has 0 spiro atoms. The summed E-state index contributed by atoms with van der Waals surface area (Å²) in [7, 11) is 1.94. The maximum atomic E-state index is 14.0. The Hall–Kier alpha value is -1.80. The molecule has 0 radical (unpaired) electrons. The molecule has 0 atom stereocenters. The maximum absolute atomic E-state index is 14.0. The first kappa shape index (κ1) is 12.2. The summed E-state index contributed by atoms with van der Waals surface area (Å²) in [6, 6.07) is 12.8. The number of fused-ring (bicyclic) bond motifs is 1. The van der Waals surface area contributed by atoms with Crippen LogP contribution in [-0.2, 0) is 13.5 Å². The molecule has 1 heterocycles. The predicted molar refractivity (Wildman–Crippen MR) is 77.1 cm³/mol. The Morgan fingerprint density at radius 1 is 1.11 bits per heavy atom. The number of rotatable bonds is 2. The predicted octanol–water partition coefficient (Wildman–Crippen LogP) is 4.56. The van der Waals surface area contributed by atoms with Crippen molar-refractivity contribution in [3.8, 4) is 0 Å². The van der Waals surface area contributed by atoms with E-state index in [4.69, 9.17) is 11.6 Å². The van der Waals surface area contributed by atoms with E-state index in [1.807, 2.05) is 48.1 Å². The van der Waals surface area contributed by atoms with Gasteiger partial charge in [0.1, 0.15) is 5.82 Å². The molecule has 0 saturated carbocycles. The molecular formula is C16H13ClFN. The van der Waals surface area contributed by atoms with Gasteiger partial charge >= 0.3 is 0 Å². The monoisotopic (exact) mass is 273 g/mol. The number of halogens is 2. The van der Waals surface area contributed by atoms with E-state index in [0.29, 0.717) is 16.8 Å². The first-order valence-electron chi connectivity index (χ1n) is 6.12. The third kappa shape index (κ3) is 2.24. The molecule has 3 rings (SSSR count). The average Bonchev–Trinajstić information content (AvgIpc) is 2.71. The van der Waals surface area contributed by atoms with E-state index in [9.17, 15) is 4.39 Å². The summed E-state index contributed by atoms with van der Waals surface area (Å²) in [6.07, 6.45) is 2.69. The van der Waals surface area contributed by atoms with Crippen molar-refractivity contribution in [3.05, 3.63) is 70.6 Å². The molecule has 1 aromatic heterocycles. The summed E-state index contributed by atoms with van der Waals surface area (Å²) in [5.74, 6) is -0.165. The summed E-state index contributed by atoms with van der Waals surface area (Å²) < 4.78 is 16.0. The van der Waals surface area contributed by atoms with Crippen molar-refractivity contribution in [3.63, 3.8) is 0 Å². The first-order chi connectivity index (χ1) is 9.15. The van der Waals surface area contributed by atoms with Gasteiger partial charge in [-0.2, -0.15) is 0 Å². The number of hydrogen-bond donors (Lipinski definition) is 0. The van der Waals surface area contributed by atoms with Crippen LogP contribution in [0.5, 0.6) is 0 Å². The van der Waals surface area contributed by atoms with Gasteiger partial charge in [0.15, 0.2) is 0 Å². The number of aryl methyl sites for hydroxylation is 1. The minimum Gasteiger partial charge on any atom is -0.350 e. The molecule has 1 nitrogen and oxygen atoms in total. The van der Waals surface area contributed by atoms with Gasteiger partial charge in [0.05, 0.1) is 5.52 Å². The summed E-state index contributed by atoms with van der Waals surface area (Å²) in [5, 5.41) is 1.42. The van der Waals surface area contributed by atoms with Gasteiger partial charge in [-0.15, -0.1) is 0 Å². The molecule has 3 aromatic rings. The standard InChI is InChI=1S/C16H13ClFN/c1-19-10-12(9-11-5-7-13(17)8-6-11)16-14(18)3-2-4-15(16)19/h2-8,10H,9H2,1H3. The Labute approximate surface area is 116 Å². The summed E-state index contributed by atoms with van der Waals surface area (Å²) in [4.78, 5) is 0. The highest BCUT2D eigenvalue weighted by Crippen LogP contribution is 2.26. The van der Waals surface area contributed by atoms with E-state index in [2.05, 4.69) is 0 Å². The van der Waals surface area contributed by atoms with E-state index in [1.54, 1.807) is 6.07 Å². The van der Waals surface area contributed by atoms with Crippen molar-refractivity contribution in [1.29, 1.82) is 0 Å². The maximum Gasteiger partial charge on any atom is 0.132 e. The Kier molecular flexibility index (Phi) is 3.03. The van der Waals surface area contributed by atoms with E-state index in [1.165, 1.54) is 6.07 Å². The van der Waals surface area contributed by atoms with Crippen LogP contribution in [0, 0.1) is 5.82 Å². The lowest BCUT2D eigenvalue weighted by atomic mass is 10.0. The normalized spacial score (nSPS) is 11.1. The lowest BCUT2D eigenvalue weighted by Crippen LogP contribution is -1.87. The minimum atomic E-state index is -0.165. The molecule has 0 saturated heterocycles. The zero-order chi connectivity index (χ0) is 13.4. The van der Waals surface area contributed by atoms with Crippen LogP contribution in [0.15, 0.2) is 48.7 Å². The lowest BCUT2D eigenvalue weighted by Gasteiger charge is -2.01. The third-order valence-corrected chi connectivity index (χ3v) is 3.60. The third-order valence-electron chi connectivity index (χ3n) is 3.35. The smallest absolute Gasteiger partial charge is 0.132 e. The van der Waals surface area contributed by atoms with Gasteiger partial charge in [-0.05, 0) is 41.8 Å². The van der Waals surface area contributed by atoms with Gasteiger partial charge in [0.25, 0.3) is 0 Å². The number of nitrogens with zero attached hydrogens (tertiary/aromatic N) is 1. The number of benzene rings is 2. The zero-order valence-electron chi connectivity index (χ0n) is 10.5. The molecule has 0 aliphatic rings. The highest BCUT2D eigenvalue weighted by molar-refractivity contribution is 6.30. The van der Waals surface area contributed by atoms with Crippen molar-refractivity contribution < 1.29 is 4.39 Å². The van der Waals surface area contributed by atoms with Gasteiger partial charge in [0, 0.05) is 23.7 Å². The molecule has 0 aliphatic carbocycles. The number of aromatic nitrogens is 1. The Morgan fingerprint density at radius 3 is 2.58 bits per heavy atom. The molecule has 0 unspecified atom stereocenters. The molecule has 0 N–H and O–H groups in total. The number of hydrogen-bond acceptors (Lipinski definition) is 0. The van der Waals surface area contributed by atoms with Crippen LogP contribution in [0.2, 0.25) is 5.02 Å². The average molecular weight is 274 g/mol. The van der Waals surface area contributed by atoms with Crippen LogP contribution in [0.4, 0.5) is 4.39 Å². The fraction of sp³-hybridized carbons (Fsp3) is 0.125. The van der Waals surface area contributed by atoms with Crippen LogP contribution >= 0.6 is 11.6 Å². The summed E-state index contributed by atoms with van der Waals surface area (Å²) in [6.45, 7) is 0. The van der Waals surface area contributed by atoms with Gasteiger partial charge in [-0.25, -0.2) is 4.39 Å². The van der Waals surface area contributed by atoms with Crippen molar-refractivity contribution in [1.82, 2.24) is 4.57 Å². The van der Waals surface area contributed by atoms with Gasteiger partial charge in [-0.1, -0.05) is 29.8 Å². The highest BCUT2D eigenvalue weighted by atomic mass is 35.5. The van der Waals surface area contributed by atoms with Crippen LogP contribution in [0.25, 0.3) is 10.9 Å². The van der Waals surface area contributed by atoms with Gasteiger partial charge in [-0.3, -0.25) is 0 Å². The van der Waals surface area contributed by atoms with E-state index in [0.717, 1.165) is 16.6 Å². The highest BCUT2D eigenvalue weighted by Gasteiger charge is 2.11. The van der Waals surface area contributed by atoms with Crippen LogP contribution < -0.4 is 0 Å². The molecule has 0 aliphatic heterocycles. The Bertz CT molecular complexity index is 728. The second-order valence-electron chi connectivity index (χ2n) is 4.70. The first-order valence-corrected chi connectivity index (χ1v) is 6.50. The lowest BCUT2D eigenvalue weighted by molar-refractivity contribution is 0.639. The molecule has 0 amide bonds. The second kappa shape index (κ2) is 4.71. The van der Waals surface area contributed by atoms with E-state index >= 15 is 0 Å². The molecule has 0 bridgehead atoms. The topological polar surface area (TPSA) is 4.93 Å². The van der Waals surface area contributed by atoms with Crippen molar-refractivity contribution in [2.45, 2.75) is 6.42 Å². The quantitative estimate of drug-likeness (QED) is 0.645. The van der Waals surface area contributed by atoms with Gasteiger partial charge < -0.3 is 4.57 Å². The fourth-order valence-electron chi connectivity index (χ4n) is 2.45. The molecule has 0 fully saturated rings. The molecular weight excluding hydrogens is 261 g/mol. The van der Waals surface area contributed by atoms with E-state index in [-0.39, 0.29) is 5.82 Å². The Morgan fingerprint density at radius 2 is 1.84 bits per heavy atom. The minimum absolute atomic E-state index is 0.165. The van der Waals surface area contributed by atoms with Crippen LogP contribution in [-0.4, -0.2) is 4.57 Å². The Balaban J connectivity index is 2.08. The molecule has 19 heavy (non-hydrogen) atoms. The SMILES string of the molecule is Cn1cc(Cc2ccc(Cl)cc2)c2c(F)cccc21. The summed E-state index contributed by atoms with van der Waals surface area (Å²) in [5.41, 5.74) is 3.04. The van der Waals surface area contributed by atoms with Crippen LogP contribution in [0.1, 0.15) is 11.1 Å². The van der Waals surface area contributed by atoms with Crippen molar-refractivity contribution in [2.75, 3.05) is 0 Å². The second-order valence-corrected chi connectivity index (χ2v) is 5.14.